The lowest BCUT2D eigenvalue weighted by atomic mass is 10.0. The molecule has 1 fully saturated rings. The Kier molecular flexibility index (Phi) is 6.59. The molecule has 6 nitrogen and oxygen atoms in total. The van der Waals surface area contributed by atoms with Gasteiger partial charge in [0.05, 0.1) is 24.8 Å². The molecular weight excluding hydrogens is 302 g/mol. The molecule has 1 heterocycles. The van der Waals surface area contributed by atoms with Crippen LogP contribution in [0, 0.1) is 11.3 Å². The molecule has 0 aliphatic carbocycles. The standard InChI is InChI=1S/C18H27N5O/c1-18(2,23-7-9-24-10-8-23)14-22-17(20-3)21-13-16-6-4-5-15(11-16)12-19/h4-6,11H,7-10,13-14H2,1-3H3,(H2,20,21,22). The van der Waals surface area contributed by atoms with Crippen LogP contribution in [0.4, 0.5) is 0 Å². The summed E-state index contributed by atoms with van der Waals surface area (Å²) in [4.78, 5) is 6.72. The highest BCUT2D eigenvalue weighted by Gasteiger charge is 2.28. The van der Waals surface area contributed by atoms with E-state index < -0.39 is 0 Å². The normalized spacial score (nSPS) is 16.5. The molecule has 1 aliphatic rings. The van der Waals surface area contributed by atoms with Crippen molar-refractivity contribution in [2.75, 3.05) is 39.9 Å². The van der Waals surface area contributed by atoms with Crippen LogP contribution in [0.1, 0.15) is 25.0 Å². The number of rotatable bonds is 5. The molecule has 1 aliphatic heterocycles. The Bertz CT molecular complexity index is 600. The summed E-state index contributed by atoms with van der Waals surface area (Å²) in [6.07, 6.45) is 0. The van der Waals surface area contributed by atoms with E-state index in [-0.39, 0.29) is 5.54 Å². The number of aliphatic imine (C=N–C) groups is 1. The fraction of sp³-hybridized carbons (Fsp3) is 0.556. The average Bonchev–Trinajstić information content (AvgIpc) is 2.62. The van der Waals surface area contributed by atoms with E-state index in [1.807, 2.05) is 18.2 Å². The molecule has 2 rings (SSSR count). The molecule has 130 valence electrons. The van der Waals surface area contributed by atoms with Gasteiger partial charge in [-0.15, -0.1) is 0 Å². The maximum absolute atomic E-state index is 8.96. The minimum atomic E-state index is 0.0299. The molecule has 0 bridgehead atoms. The predicted molar refractivity (Wildman–Crippen MR) is 95.8 cm³/mol. The van der Waals surface area contributed by atoms with Crippen LogP contribution in [0.15, 0.2) is 29.3 Å². The van der Waals surface area contributed by atoms with Crippen molar-refractivity contribution in [3.8, 4) is 6.07 Å². The summed E-state index contributed by atoms with van der Waals surface area (Å²) in [5.74, 6) is 0.763. The first-order valence-corrected chi connectivity index (χ1v) is 8.31. The highest BCUT2D eigenvalue weighted by molar-refractivity contribution is 5.79. The molecule has 0 radical (unpaired) electrons. The monoisotopic (exact) mass is 329 g/mol. The fourth-order valence-electron chi connectivity index (χ4n) is 2.74. The molecule has 2 N–H and O–H groups in total. The van der Waals surface area contributed by atoms with E-state index in [0.29, 0.717) is 12.1 Å². The quantitative estimate of drug-likeness (QED) is 0.630. The molecule has 1 aromatic carbocycles. The third-order valence-electron chi connectivity index (χ3n) is 4.30. The van der Waals surface area contributed by atoms with E-state index in [1.54, 1.807) is 13.1 Å². The minimum absolute atomic E-state index is 0.0299. The SMILES string of the molecule is CN=C(NCc1cccc(C#N)c1)NCC(C)(C)N1CCOCC1. The number of nitriles is 1. The van der Waals surface area contributed by atoms with Gasteiger partial charge in [0.1, 0.15) is 0 Å². The van der Waals surface area contributed by atoms with Crippen molar-refractivity contribution in [1.82, 2.24) is 15.5 Å². The summed E-state index contributed by atoms with van der Waals surface area (Å²) in [5.41, 5.74) is 1.76. The first-order valence-electron chi connectivity index (χ1n) is 8.31. The molecule has 0 spiro atoms. The van der Waals surface area contributed by atoms with Crippen LogP contribution < -0.4 is 10.6 Å². The molecule has 24 heavy (non-hydrogen) atoms. The Labute approximate surface area is 144 Å². The topological polar surface area (TPSA) is 72.7 Å². The number of benzene rings is 1. The molecule has 0 amide bonds. The number of hydrogen-bond donors (Lipinski definition) is 2. The van der Waals surface area contributed by atoms with Crippen molar-refractivity contribution in [2.24, 2.45) is 4.99 Å². The molecule has 0 atom stereocenters. The van der Waals surface area contributed by atoms with Crippen LogP contribution in [0.2, 0.25) is 0 Å². The first-order chi connectivity index (χ1) is 11.5. The van der Waals surface area contributed by atoms with E-state index in [9.17, 15) is 0 Å². The minimum Gasteiger partial charge on any atom is -0.379 e. The van der Waals surface area contributed by atoms with Crippen molar-refractivity contribution >= 4 is 5.96 Å². The van der Waals surface area contributed by atoms with Gasteiger partial charge in [0.2, 0.25) is 0 Å². The fourth-order valence-corrected chi connectivity index (χ4v) is 2.74. The molecule has 1 aromatic rings. The van der Waals surface area contributed by atoms with Crippen LogP contribution in [0.3, 0.4) is 0 Å². The lowest BCUT2D eigenvalue weighted by molar-refractivity contribution is -0.00834. The van der Waals surface area contributed by atoms with Gasteiger partial charge in [-0.25, -0.2) is 0 Å². The van der Waals surface area contributed by atoms with Crippen molar-refractivity contribution in [3.63, 3.8) is 0 Å². The highest BCUT2D eigenvalue weighted by Crippen LogP contribution is 2.15. The Morgan fingerprint density at radius 1 is 1.33 bits per heavy atom. The summed E-state index contributed by atoms with van der Waals surface area (Å²) < 4.78 is 5.43. The highest BCUT2D eigenvalue weighted by atomic mass is 16.5. The van der Waals surface area contributed by atoms with Crippen LogP contribution in [-0.2, 0) is 11.3 Å². The molecule has 6 heteroatoms. The number of hydrogen-bond acceptors (Lipinski definition) is 4. The van der Waals surface area contributed by atoms with Gasteiger partial charge in [-0.3, -0.25) is 9.89 Å². The maximum Gasteiger partial charge on any atom is 0.191 e. The van der Waals surface area contributed by atoms with Crippen LogP contribution in [0.25, 0.3) is 0 Å². The predicted octanol–water partition coefficient (Wildman–Crippen LogP) is 1.33. The molecule has 0 saturated carbocycles. The summed E-state index contributed by atoms with van der Waals surface area (Å²) in [7, 11) is 1.77. The number of ether oxygens (including phenoxy) is 1. The smallest absolute Gasteiger partial charge is 0.191 e. The van der Waals surface area contributed by atoms with E-state index >= 15 is 0 Å². The van der Waals surface area contributed by atoms with Crippen molar-refractivity contribution < 1.29 is 4.74 Å². The zero-order valence-electron chi connectivity index (χ0n) is 14.8. The van der Waals surface area contributed by atoms with Gasteiger partial charge in [0, 0.05) is 38.8 Å². The van der Waals surface area contributed by atoms with E-state index in [2.05, 4.69) is 40.4 Å². The number of guanidine groups is 1. The zero-order chi connectivity index (χ0) is 17.4. The van der Waals surface area contributed by atoms with Gasteiger partial charge in [0.15, 0.2) is 5.96 Å². The molecule has 0 unspecified atom stereocenters. The molecule has 0 aromatic heterocycles. The van der Waals surface area contributed by atoms with Crippen LogP contribution in [0.5, 0.6) is 0 Å². The van der Waals surface area contributed by atoms with Gasteiger partial charge in [0.25, 0.3) is 0 Å². The average molecular weight is 329 g/mol. The van der Waals surface area contributed by atoms with E-state index in [4.69, 9.17) is 10.00 Å². The number of nitrogens with one attached hydrogen (secondary N) is 2. The summed E-state index contributed by atoms with van der Waals surface area (Å²) in [5, 5.41) is 15.7. The van der Waals surface area contributed by atoms with Gasteiger partial charge >= 0.3 is 0 Å². The van der Waals surface area contributed by atoms with E-state index in [1.165, 1.54) is 0 Å². The Hall–Kier alpha value is -2.10. The maximum atomic E-state index is 8.96. The van der Waals surface area contributed by atoms with E-state index in [0.717, 1.165) is 44.4 Å². The second-order valence-corrected chi connectivity index (χ2v) is 6.50. The third kappa shape index (κ3) is 5.22. The Morgan fingerprint density at radius 3 is 2.75 bits per heavy atom. The van der Waals surface area contributed by atoms with Crippen molar-refractivity contribution in [2.45, 2.75) is 25.9 Å². The van der Waals surface area contributed by atoms with Gasteiger partial charge in [-0.1, -0.05) is 12.1 Å². The first kappa shape index (κ1) is 18.2. The largest absolute Gasteiger partial charge is 0.379 e. The zero-order valence-corrected chi connectivity index (χ0v) is 14.8. The third-order valence-corrected chi connectivity index (χ3v) is 4.30. The Balaban J connectivity index is 1.84. The lowest BCUT2D eigenvalue weighted by Gasteiger charge is -2.41. The van der Waals surface area contributed by atoms with Crippen LogP contribution in [-0.4, -0.2) is 56.3 Å². The number of nitrogens with zero attached hydrogens (tertiary/aromatic N) is 3. The summed E-state index contributed by atoms with van der Waals surface area (Å²) >= 11 is 0. The molecule has 1 saturated heterocycles. The molecular formula is C18H27N5O. The van der Waals surface area contributed by atoms with Crippen molar-refractivity contribution in [1.29, 1.82) is 5.26 Å². The lowest BCUT2D eigenvalue weighted by Crippen LogP contribution is -2.56. The Morgan fingerprint density at radius 2 is 2.08 bits per heavy atom. The van der Waals surface area contributed by atoms with Gasteiger partial charge in [-0.05, 0) is 31.5 Å². The van der Waals surface area contributed by atoms with Crippen molar-refractivity contribution in [3.05, 3.63) is 35.4 Å². The second-order valence-electron chi connectivity index (χ2n) is 6.50. The number of morpholine rings is 1. The van der Waals surface area contributed by atoms with Gasteiger partial charge in [-0.2, -0.15) is 5.26 Å². The van der Waals surface area contributed by atoms with Gasteiger partial charge < -0.3 is 15.4 Å². The summed E-state index contributed by atoms with van der Waals surface area (Å²) in [6.45, 7) is 9.41. The second kappa shape index (κ2) is 8.67. The summed E-state index contributed by atoms with van der Waals surface area (Å²) in [6, 6.07) is 9.75. The van der Waals surface area contributed by atoms with Crippen LogP contribution >= 0.6 is 0 Å².